The number of amides is 1. The van der Waals surface area contributed by atoms with Crippen LogP contribution in [0.25, 0.3) is 0 Å². The molecular formula is C14H21NO3. The molecule has 1 rings (SSSR count). The first-order chi connectivity index (χ1) is 8.71. The molecule has 0 fully saturated rings. The molecule has 18 heavy (non-hydrogen) atoms. The van der Waals surface area contributed by atoms with E-state index in [4.69, 9.17) is 9.84 Å². The third-order valence-corrected chi connectivity index (χ3v) is 2.93. The predicted molar refractivity (Wildman–Crippen MR) is 70.6 cm³/mol. The Hall–Kier alpha value is -1.55. The van der Waals surface area contributed by atoms with E-state index < -0.39 is 0 Å². The maximum atomic E-state index is 11.6. The van der Waals surface area contributed by atoms with Crippen LogP contribution < -0.4 is 10.1 Å². The summed E-state index contributed by atoms with van der Waals surface area (Å²) in [6.07, 6.45) is 1.41. The zero-order valence-corrected chi connectivity index (χ0v) is 11.0. The minimum atomic E-state index is -0.296. The highest BCUT2D eigenvalue weighted by molar-refractivity contribution is 5.78. The summed E-state index contributed by atoms with van der Waals surface area (Å²) in [5, 5.41) is 11.8. The van der Waals surface area contributed by atoms with Crippen molar-refractivity contribution in [1.29, 1.82) is 0 Å². The van der Waals surface area contributed by atoms with E-state index in [2.05, 4.69) is 5.32 Å². The zero-order valence-electron chi connectivity index (χ0n) is 11.0. The van der Waals surface area contributed by atoms with E-state index in [1.54, 1.807) is 7.11 Å². The minimum Gasteiger partial charge on any atom is -0.497 e. The lowest BCUT2D eigenvalue weighted by Crippen LogP contribution is -2.33. The standard InChI is InChI=1S/C14H21NO3/c1-3-12(10-16)14(17)15-8-7-11-5-4-6-13(9-11)18-2/h4-6,9,12,16H,3,7-8,10H2,1-2H3,(H,15,17). The van der Waals surface area contributed by atoms with Gasteiger partial charge in [-0.1, -0.05) is 19.1 Å². The highest BCUT2D eigenvalue weighted by Gasteiger charge is 2.13. The van der Waals surface area contributed by atoms with Crippen LogP contribution in [0.2, 0.25) is 0 Å². The lowest BCUT2D eigenvalue weighted by atomic mass is 10.1. The van der Waals surface area contributed by atoms with Crippen molar-refractivity contribution in [3.63, 3.8) is 0 Å². The van der Waals surface area contributed by atoms with Crippen molar-refractivity contribution in [2.45, 2.75) is 19.8 Å². The second-order valence-corrected chi connectivity index (χ2v) is 4.18. The largest absolute Gasteiger partial charge is 0.497 e. The highest BCUT2D eigenvalue weighted by Crippen LogP contribution is 2.12. The predicted octanol–water partition coefficient (Wildman–Crippen LogP) is 1.37. The Morgan fingerprint density at radius 3 is 2.89 bits per heavy atom. The van der Waals surface area contributed by atoms with Crippen LogP contribution in [-0.4, -0.2) is 31.3 Å². The molecule has 0 heterocycles. The summed E-state index contributed by atoms with van der Waals surface area (Å²) in [5.41, 5.74) is 1.12. The maximum absolute atomic E-state index is 11.6. The number of carbonyl (C=O) groups excluding carboxylic acids is 1. The fraction of sp³-hybridized carbons (Fsp3) is 0.500. The number of benzene rings is 1. The number of nitrogens with one attached hydrogen (secondary N) is 1. The quantitative estimate of drug-likeness (QED) is 0.769. The first-order valence-electron chi connectivity index (χ1n) is 6.22. The van der Waals surface area contributed by atoms with Crippen molar-refractivity contribution >= 4 is 5.91 Å². The fourth-order valence-corrected chi connectivity index (χ4v) is 1.70. The molecule has 1 aromatic rings. The van der Waals surface area contributed by atoms with Gasteiger partial charge in [-0.15, -0.1) is 0 Å². The molecular weight excluding hydrogens is 230 g/mol. The van der Waals surface area contributed by atoms with E-state index in [1.807, 2.05) is 31.2 Å². The van der Waals surface area contributed by atoms with Crippen molar-refractivity contribution in [2.75, 3.05) is 20.3 Å². The van der Waals surface area contributed by atoms with Crippen LogP contribution in [0.5, 0.6) is 5.75 Å². The maximum Gasteiger partial charge on any atom is 0.225 e. The molecule has 4 nitrogen and oxygen atoms in total. The van der Waals surface area contributed by atoms with E-state index in [0.717, 1.165) is 17.7 Å². The summed E-state index contributed by atoms with van der Waals surface area (Å²) in [6, 6.07) is 7.77. The summed E-state index contributed by atoms with van der Waals surface area (Å²) in [6.45, 7) is 2.37. The van der Waals surface area contributed by atoms with Gasteiger partial charge in [0.1, 0.15) is 5.75 Å². The van der Waals surface area contributed by atoms with E-state index in [1.165, 1.54) is 0 Å². The molecule has 1 unspecified atom stereocenters. The Labute approximate surface area is 108 Å². The average molecular weight is 251 g/mol. The summed E-state index contributed by atoms with van der Waals surface area (Å²) >= 11 is 0. The molecule has 1 aromatic carbocycles. The summed E-state index contributed by atoms with van der Waals surface area (Å²) in [4.78, 5) is 11.6. The SMILES string of the molecule is CCC(CO)C(=O)NCCc1cccc(OC)c1. The van der Waals surface area contributed by atoms with Crippen LogP contribution in [0.3, 0.4) is 0 Å². The molecule has 2 N–H and O–H groups in total. The number of aliphatic hydroxyl groups is 1. The molecule has 0 saturated carbocycles. The van der Waals surface area contributed by atoms with Gasteiger partial charge in [0.2, 0.25) is 5.91 Å². The Morgan fingerprint density at radius 1 is 1.50 bits per heavy atom. The van der Waals surface area contributed by atoms with Crippen molar-refractivity contribution in [3.05, 3.63) is 29.8 Å². The van der Waals surface area contributed by atoms with E-state index in [0.29, 0.717) is 13.0 Å². The van der Waals surface area contributed by atoms with E-state index >= 15 is 0 Å². The van der Waals surface area contributed by atoms with Gasteiger partial charge in [0, 0.05) is 6.54 Å². The second kappa shape index (κ2) is 7.71. The Morgan fingerprint density at radius 2 is 2.28 bits per heavy atom. The zero-order chi connectivity index (χ0) is 13.4. The van der Waals surface area contributed by atoms with E-state index in [9.17, 15) is 4.79 Å². The van der Waals surface area contributed by atoms with Crippen LogP contribution in [0.4, 0.5) is 0 Å². The monoisotopic (exact) mass is 251 g/mol. The van der Waals surface area contributed by atoms with E-state index in [-0.39, 0.29) is 18.4 Å². The van der Waals surface area contributed by atoms with Gasteiger partial charge in [-0.05, 0) is 30.5 Å². The van der Waals surface area contributed by atoms with Gasteiger partial charge in [-0.3, -0.25) is 4.79 Å². The summed E-state index contributed by atoms with van der Waals surface area (Å²) in [5.74, 6) is 0.443. The van der Waals surface area contributed by atoms with Crippen molar-refractivity contribution in [2.24, 2.45) is 5.92 Å². The normalized spacial score (nSPS) is 11.9. The molecule has 1 amide bonds. The molecule has 0 aliphatic rings. The van der Waals surface area contributed by atoms with Crippen LogP contribution in [0.1, 0.15) is 18.9 Å². The summed E-state index contributed by atoms with van der Waals surface area (Å²) in [7, 11) is 1.63. The van der Waals surface area contributed by atoms with Crippen molar-refractivity contribution in [3.8, 4) is 5.75 Å². The molecule has 0 spiro atoms. The molecule has 0 aliphatic carbocycles. The lowest BCUT2D eigenvalue weighted by Gasteiger charge is -2.12. The smallest absolute Gasteiger partial charge is 0.225 e. The number of hydrogen-bond donors (Lipinski definition) is 2. The summed E-state index contributed by atoms with van der Waals surface area (Å²) < 4.78 is 5.13. The van der Waals surface area contributed by atoms with Crippen LogP contribution in [0.15, 0.2) is 24.3 Å². The van der Waals surface area contributed by atoms with Gasteiger partial charge in [-0.25, -0.2) is 0 Å². The van der Waals surface area contributed by atoms with Crippen molar-refractivity contribution in [1.82, 2.24) is 5.32 Å². The molecule has 0 saturated heterocycles. The lowest BCUT2D eigenvalue weighted by molar-refractivity contribution is -0.126. The molecule has 0 bridgehead atoms. The Kier molecular flexibility index (Phi) is 6.22. The number of carbonyl (C=O) groups is 1. The Balaban J connectivity index is 2.39. The van der Waals surface area contributed by atoms with Gasteiger partial charge >= 0.3 is 0 Å². The average Bonchev–Trinajstić information content (AvgIpc) is 2.40. The number of methoxy groups -OCH3 is 1. The minimum absolute atomic E-state index is 0.0807. The van der Waals surface area contributed by atoms with Gasteiger partial charge in [0.15, 0.2) is 0 Å². The molecule has 0 aliphatic heterocycles. The van der Waals surface area contributed by atoms with Crippen molar-refractivity contribution < 1.29 is 14.6 Å². The molecule has 1 atom stereocenters. The number of rotatable bonds is 7. The number of hydrogen-bond acceptors (Lipinski definition) is 3. The molecule has 0 radical (unpaired) electrons. The van der Waals surface area contributed by atoms with Crippen LogP contribution >= 0.6 is 0 Å². The van der Waals surface area contributed by atoms with Gasteiger partial charge < -0.3 is 15.2 Å². The van der Waals surface area contributed by atoms with Gasteiger partial charge in [0.25, 0.3) is 0 Å². The number of ether oxygens (including phenoxy) is 1. The molecule has 4 heteroatoms. The van der Waals surface area contributed by atoms with Gasteiger partial charge in [-0.2, -0.15) is 0 Å². The van der Waals surface area contributed by atoms with Crippen LogP contribution in [0, 0.1) is 5.92 Å². The molecule has 0 aromatic heterocycles. The topological polar surface area (TPSA) is 58.6 Å². The Bertz CT molecular complexity index is 375. The first kappa shape index (κ1) is 14.5. The first-order valence-corrected chi connectivity index (χ1v) is 6.22. The van der Waals surface area contributed by atoms with Gasteiger partial charge in [0.05, 0.1) is 19.6 Å². The second-order valence-electron chi connectivity index (χ2n) is 4.18. The molecule has 100 valence electrons. The third-order valence-electron chi connectivity index (χ3n) is 2.93. The fourth-order valence-electron chi connectivity index (χ4n) is 1.70. The highest BCUT2D eigenvalue weighted by atomic mass is 16.5. The van der Waals surface area contributed by atoms with Crippen LogP contribution in [-0.2, 0) is 11.2 Å². The third kappa shape index (κ3) is 4.37. The number of aliphatic hydroxyl groups excluding tert-OH is 1.